The molecule has 2 rings (SSSR count). The number of para-hydroxylation sites is 1. The van der Waals surface area contributed by atoms with E-state index in [0.29, 0.717) is 29.1 Å². The van der Waals surface area contributed by atoms with Crippen LogP contribution in [0.25, 0.3) is 0 Å². The Morgan fingerprint density at radius 2 is 1.96 bits per heavy atom. The lowest BCUT2D eigenvalue weighted by atomic mass is 9.79. The van der Waals surface area contributed by atoms with Crippen LogP contribution in [-0.2, 0) is 4.65 Å². The van der Waals surface area contributed by atoms with Crippen molar-refractivity contribution in [3.05, 3.63) is 54.1 Å². The average Bonchev–Trinajstić information content (AvgIpc) is 2.62. The minimum absolute atomic E-state index is 0.272. The normalized spacial score (nSPS) is 10.3. The number of rotatable bonds is 8. The number of carbonyl (C=O) groups is 1. The molecule has 0 unspecified atom stereocenters. The number of nitrogens with one attached hydrogen (secondary N) is 1. The molecule has 0 atom stereocenters. The fraction of sp³-hybridized carbons (Fsp3) is 0.278. The van der Waals surface area contributed by atoms with Crippen molar-refractivity contribution in [1.82, 2.24) is 0 Å². The minimum Gasteiger partial charge on any atom is -0.496 e. The Labute approximate surface area is 142 Å². The molecule has 24 heavy (non-hydrogen) atoms. The van der Waals surface area contributed by atoms with Crippen molar-refractivity contribution in [2.75, 3.05) is 19.0 Å². The molecular weight excluding hydrogens is 305 g/mol. The number of unbranched alkanes of at least 4 members (excludes halogenated alkanes) is 1. The Morgan fingerprint density at radius 3 is 2.62 bits per heavy atom. The van der Waals surface area contributed by atoms with E-state index in [4.69, 9.17) is 9.39 Å². The third kappa shape index (κ3) is 4.84. The van der Waals surface area contributed by atoms with Crippen molar-refractivity contribution in [2.24, 2.45) is 0 Å². The van der Waals surface area contributed by atoms with Gasteiger partial charge in [0.25, 0.3) is 5.91 Å². The van der Waals surface area contributed by atoms with Gasteiger partial charge in [-0.05, 0) is 36.1 Å². The standard InChI is InChI=1S/C18H22BNO4/c1-3-4-12-24-19(22)14-10-11-16(17(13-14)23-2)18(21)20-15-8-6-5-7-9-15/h5-11,13,22H,3-4,12H2,1-2H3,(H,20,21). The van der Waals surface area contributed by atoms with Crippen molar-refractivity contribution in [3.63, 3.8) is 0 Å². The Balaban J connectivity index is 2.12. The van der Waals surface area contributed by atoms with E-state index in [0.717, 1.165) is 12.8 Å². The van der Waals surface area contributed by atoms with Crippen LogP contribution in [-0.4, -0.2) is 31.8 Å². The van der Waals surface area contributed by atoms with E-state index >= 15 is 0 Å². The molecule has 0 aliphatic carbocycles. The van der Waals surface area contributed by atoms with Crippen LogP contribution in [0.3, 0.4) is 0 Å². The number of anilines is 1. The summed E-state index contributed by atoms with van der Waals surface area (Å²) in [5.74, 6) is 0.116. The highest BCUT2D eigenvalue weighted by Crippen LogP contribution is 2.18. The zero-order chi connectivity index (χ0) is 17.4. The molecule has 0 saturated heterocycles. The third-order valence-electron chi connectivity index (χ3n) is 3.56. The first-order valence-corrected chi connectivity index (χ1v) is 7.99. The lowest BCUT2D eigenvalue weighted by Gasteiger charge is -2.13. The van der Waals surface area contributed by atoms with Crippen molar-refractivity contribution in [1.29, 1.82) is 0 Å². The molecule has 0 fully saturated rings. The Morgan fingerprint density at radius 1 is 1.21 bits per heavy atom. The molecule has 0 aliphatic heterocycles. The number of hydrogen-bond acceptors (Lipinski definition) is 4. The van der Waals surface area contributed by atoms with Crippen molar-refractivity contribution in [3.8, 4) is 5.75 Å². The van der Waals surface area contributed by atoms with Crippen molar-refractivity contribution in [2.45, 2.75) is 19.8 Å². The second-order valence-corrected chi connectivity index (χ2v) is 5.36. The van der Waals surface area contributed by atoms with Gasteiger partial charge in [-0.15, -0.1) is 0 Å². The fourth-order valence-electron chi connectivity index (χ4n) is 2.20. The highest BCUT2D eigenvalue weighted by Gasteiger charge is 2.20. The van der Waals surface area contributed by atoms with Crippen LogP contribution in [0.5, 0.6) is 5.75 Å². The predicted octanol–water partition coefficient (Wildman–Crippen LogP) is 2.45. The molecular formula is C18H22BNO4. The molecule has 0 spiro atoms. The van der Waals surface area contributed by atoms with E-state index in [1.807, 2.05) is 30.3 Å². The molecule has 6 heteroatoms. The van der Waals surface area contributed by atoms with Gasteiger partial charge in [0.05, 0.1) is 12.7 Å². The van der Waals surface area contributed by atoms with Gasteiger partial charge in [-0.2, -0.15) is 0 Å². The summed E-state index contributed by atoms with van der Waals surface area (Å²) in [7, 11) is 0.458. The number of methoxy groups -OCH3 is 1. The Hall–Kier alpha value is -2.31. The topological polar surface area (TPSA) is 67.8 Å². The van der Waals surface area contributed by atoms with Crippen LogP contribution >= 0.6 is 0 Å². The molecule has 0 saturated carbocycles. The molecule has 0 bridgehead atoms. The van der Waals surface area contributed by atoms with E-state index in [1.165, 1.54) is 7.11 Å². The molecule has 1 amide bonds. The fourth-order valence-corrected chi connectivity index (χ4v) is 2.20. The van der Waals surface area contributed by atoms with Gasteiger partial charge in [0, 0.05) is 12.3 Å². The van der Waals surface area contributed by atoms with Crippen LogP contribution in [0.4, 0.5) is 5.69 Å². The summed E-state index contributed by atoms with van der Waals surface area (Å²) in [6, 6.07) is 14.1. The molecule has 0 heterocycles. The molecule has 0 aliphatic rings. The SMILES string of the molecule is CCCCOB(O)c1ccc(C(=O)Nc2ccccc2)c(OC)c1. The molecule has 5 nitrogen and oxygen atoms in total. The summed E-state index contributed by atoms with van der Waals surface area (Å²) in [6.45, 7) is 2.54. The second kappa shape index (κ2) is 9.10. The van der Waals surface area contributed by atoms with Gasteiger partial charge in [-0.1, -0.05) is 37.6 Å². The predicted molar refractivity (Wildman–Crippen MR) is 95.9 cm³/mol. The van der Waals surface area contributed by atoms with E-state index in [9.17, 15) is 9.82 Å². The zero-order valence-corrected chi connectivity index (χ0v) is 14.0. The van der Waals surface area contributed by atoms with Crippen LogP contribution in [0.2, 0.25) is 0 Å². The summed E-state index contributed by atoms with van der Waals surface area (Å²) in [5.41, 5.74) is 1.65. The van der Waals surface area contributed by atoms with Crippen LogP contribution in [0.15, 0.2) is 48.5 Å². The molecule has 0 radical (unpaired) electrons. The molecule has 126 valence electrons. The maximum atomic E-state index is 12.4. The second-order valence-electron chi connectivity index (χ2n) is 5.36. The first kappa shape index (κ1) is 18.0. The number of hydrogen-bond donors (Lipinski definition) is 2. The summed E-state index contributed by atoms with van der Waals surface area (Å²) >= 11 is 0. The number of amides is 1. The average molecular weight is 327 g/mol. The van der Waals surface area contributed by atoms with E-state index < -0.39 is 7.12 Å². The van der Waals surface area contributed by atoms with Crippen LogP contribution in [0.1, 0.15) is 30.1 Å². The lowest BCUT2D eigenvalue weighted by molar-refractivity contribution is 0.102. The third-order valence-corrected chi connectivity index (χ3v) is 3.56. The first-order chi connectivity index (χ1) is 11.7. The number of carbonyl (C=O) groups excluding carboxylic acids is 1. The number of ether oxygens (including phenoxy) is 1. The summed E-state index contributed by atoms with van der Waals surface area (Å²) in [4.78, 5) is 12.4. The maximum absolute atomic E-state index is 12.4. The van der Waals surface area contributed by atoms with E-state index in [-0.39, 0.29) is 5.91 Å². The lowest BCUT2D eigenvalue weighted by Crippen LogP contribution is -2.34. The maximum Gasteiger partial charge on any atom is 0.491 e. The highest BCUT2D eigenvalue weighted by atomic mass is 16.5. The van der Waals surface area contributed by atoms with Gasteiger partial charge in [-0.3, -0.25) is 4.79 Å². The van der Waals surface area contributed by atoms with Gasteiger partial charge in [0.15, 0.2) is 0 Å². The first-order valence-electron chi connectivity index (χ1n) is 7.99. The van der Waals surface area contributed by atoms with Crippen molar-refractivity contribution >= 4 is 24.2 Å². The monoisotopic (exact) mass is 327 g/mol. The van der Waals surface area contributed by atoms with Gasteiger partial charge >= 0.3 is 7.12 Å². The van der Waals surface area contributed by atoms with Crippen LogP contribution < -0.4 is 15.5 Å². The molecule has 2 aromatic rings. The van der Waals surface area contributed by atoms with E-state index in [2.05, 4.69) is 12.2 Å². The number of benzene rings is 2. The quantitative estimate of drug-likeness (QED) is 0.577. The van der Waals surface area contributed by atoms with E-state index in [1.54, 1.807) is 18.2 Å². The molecule has 0 aromatic heterocycles. The smallest absolute Gasteiger partial charge is 0.491 e. The zero-order valence-electron chi connectivity index (χ0n) is 14.0. The Kier molecular flexibility index (Phi) is 6.84. The van der Waals surface area contributed by atoms with Gasteiger partial charge < -0.3 is 19.7 Å². The van der Waals surface area contributed by atoms with Gasteiger partial charge in [-0.25, -0.2) is 0 Å². The molecule has 2 N–H and O–H groups in total. The summed E-state index contributed by atoms with van der Waals surface area (Å²) in [6.07, 6.45) is 1.88. The summed E-state index contributed by atoms with van der Waals surface area (Å²) < 4.78 is 10.7. The van der Waals surface area contributed by atoms with Crippen molar-refractivity contribution < 1.29 is 19.2 Å². The van der Waals surface area contributed by atoms with Gasteiger partial charge in [0.1, 0.15) is 5.75 Å². The molecule has 2 aromatic carbocycles. The minimum atomic E-state index is -1.03. The Bertz CT molecular complexity index is 663. The summed E-state index contributed by atoms with van der Waals surface area (Å²) in [5, 5.41) is 12.9. The van der Waals surface area contributed by atoms with Gasteiger partial charge in [0.2, 0.25) is 0 Å². The largest absolute Gasteiger partial charge is 0.496 e. The van der Waals surface area contributed by atoms with Crippen LogP contribution in [0, 0.1) is 0 Å². The highest BCUT2D eigenvalue weighted by molar-refractivity contribution is 6.60.